The molecular formula is C10H16N3O3. The highest BCUT2D eigenvalue weighted by atomic mass is 16.2. The fraction of sp³-hybridized carbons (Fsp3) is 0.700. The third-order valence-electron chi connectivity index (χ3n) is 2.51. The molecule has 1 radical (unpaired) electrons. The molecule has 1 fully saturated rings. The monoisotopic (exact) mass is 226 g/mol. The number of primary amides is 1. The Bertz CT molecular complexity index is 274. The lowest BCUT2D eigenvalue weighted by molar-refractivity contribution is -0.123. The first-order chi connectivity index (χ1) is 7.63. The van der Waals surface area contributed by atoms with E-state index >= 15 is 0 Å². The van der Waals surface area contributed by atoms with E-state index in [4.69, 9.17) is 5.73 Å². The average Bonchev–Trinajstić information content (AvgIpc) is 2.76. The first kappa shape index (κ1) is 12.6. The summed E-state index contributed by atoms with van der Waals surface area (Å²) in [5.41, 5.74) is 4.95. The number of hydrogen-bond acceptors (Lipinski definition) is 4. The van der Waals surface area contributed by atoms with Gasteiger partial charge in [0.2, 0.25) is 18.1 Å². The van der Waals surface area contributed by atoms with Gasteiger partial charge in [0.25, 0.3) is 0 Å². The van der Waals surface area contributed by atoms with Crippen LogP contribution in [-0.2, 0) is 14.4 Å². The number of nitrogens with one attached hydrogen (secondary N) is 2. The predicted octanol–water partition coefficient (Wildman–Crippen LogP) is -1.40. The molecule has 6 heteroatoms. The van der Waals surface area contributed by atoms with Crippen LogP contribution in [0.5, 0.6) is 0 Å². The summed E-state index contributed by atoms with van der Waals surface area (Å²) in [4.78, 5) is 32.7. The first-order valence-electron chi connectivity index (χ1n) is 5.33. The third-order valence-corrected chi connectivity index (χ3v) is 2.51. The number of carbonyl (C=O) groups excluding carboxylic acids is 3. The topological polar surface area (TPSA) is 101 Å². The van der Waals surface area contributed by atoms with Crippen LogP contribution in [0.2, 0.25) is 0 Å². The lowest BCUT2D eigenvalue weighted by Crippen LogP contribution is -2.46. The van der Waals surface area contributed by atoms with Crippen molar-refractivity contribution < 1.29 is 14.4 Å². The van der Waals surface area contributed by atoms with Gasteiger partial charge in [0.1, 0.15) is 0 Å². The van der Waals surface area contributed by atoms with Crippen molar-refractivity contribution in [3.63, 3.8) is 0 Å². The van der Waals surface area contributed by atoms with Crippen molar-refractivity contribution in [2.24, 2.45) is 5.73 Å². The van der Waals surface area contributed by atoms with Crippen molar-refractivity contribution in [1.29, 1.82) is 0 Å². The minimum atomic E-state index is -0.748. The Morgan fingerprint density at radius 1 is 1.56 bits per heavy atom. The Hall–Kier alpha value is -1.43. The minimum Gasteiger partial charge on any atom is -0.370 e. The van der Waals surface area contributed by atoms with Gasteiger partial charge in [-0.2, -0.15) is 0 Å². The van der Waals surface area contributed by atoms with Gasteiger partial charge in [0, 0.05) is 6.42 Å². The summed E-state index contributed by atoms with van der Waals surface area (Å²) in [6.45, 7) is 0.814. The van der Waals surface area contributed by atoms with Gasteiger partial charge in [-0.3, -0.25) is 14.4 Å². The van der Waals surface area contributed by atoms with E-state index in [2.05, 4.69) is 10.6 Å². The zero-order valence-electron chi connectivity index (χ0n) is 8.99. The van der Waals surface area contributed by atoms with Gasteiger partial charge in [-0.15, -0.1) is 0 Å². The van der Waals surface area contributed by atoms with Gasteiger partial charge in [-0.25, -0.2) is 0 Å². The van der Waals surface area contributed by atoms with Crippen LogP contribution >= 0.6 is 0 Å². The van der Waals surface area contributed by atoms with Crippen molar-refractivity contribution in [2.45, 2.75) is 37.8 Å². The molecule has 4 N–H and O–H groups in total. The molecule has 0 aromatic rings. The molecule has 0 spiro atoms. The first-order valence-corrected chi connectivity index (χ1v) is 5.33. The van der Waals surface area contributed by atoms with Crippen molar-refractivity contribution >= 4 is 18.1 Å². The maximum Gasteiger partial charge on any atom is 0.237 e. The highest BCUT2D eigenvalue weighted by molar-refractivity contribution is 5.85. The van der Waals surface area contributed by atoms with Crippen LogP contribution in [0.25, 0.3) is 0 Å². The Morgan fingerprint density at radius 3 is 2.81 bits per heavy atom. The largest absolute Gasteiger partial charge is 0.370 e. The van der Waals surface area contributed by atoms with Gasteiger partial charge in [-0.1, -0.05) is 0 Å². The van der Waals surface area contributed by atoms with Crippen LogP contribution in [0, 0.1) is 0 Å². The standard InChI is InChI=1S/C10H16N3O3/c11-9(15)4-3-7(6-14)13-10(16)8-2-1-5-12-8/h7-8,12H,1-5H2,(H2,11,15)(H,13,16)/t7-,8-/m0/s1. The van der Waals surface area contributed by atoms with Crippen molar-refractivity contribution in [3.8, 4) is 0 Å². The third kappa shape index (κ3) is 3.98. The molecule has 0 aromatic heterocycles. The molecule has 0 aromatic carbocycles. The van der Waals surface area contributed by atoms with Crippen LogP contribution in [0.15, 0.2) is 0 Å². The molecular weight excluding hydrogens is 210 g/mol. The summed E-state index contributed by atoms with van der Waals surface area (Å²) in [5, 5.41) is 5.55. The molecule has 0 unspecified atom stereocenters. The zero-order valence-corrected chi connectivity index (χ0v) is 8.99. The van der Waals surface area contributed by atoms with Gasteiger partial charge in [0.05, 0.1) is 12.1 Å². The van der Waals surface area contributed by atoms with E-state index in [1.165, 1.54) is 0 Å². The lowest BCUT2D eigenvalue weighted by Gasteiger charge is -2.15. The summed E-state index contributed by atoms with van der Waals surface area (Å²) in [5.74, 6) is -0.705. The summed E-state index contributed by atoms with van der Waals surface area (Å²) in [7, 11) is 0. The van der Waals surface area contributed by atoms with E-state index in [0.717, 1.165) is 19.4 Å². The van der Waals surface area contributed by atoms with Crippen molar-refractivity contribution in [2.75, 3.05) is 6.54 Å². The fourth-order valence-corrected chi connectivity index (χ4v) is 1.63. The SMILES string of the molecule is NC(=O)CC[C@@H]([C]=O)NC(=O)[C@@H]1CCCN1. The number of hydrogen-bond donors (Lipinski definition) is 3. The Morgan fingerprint density at radius 2 is 2.31 bits per heavy atom. The average molecular weight is 226 g/mol. The van der Waals surface area contributed by atoms with E-state index in [-0.39, 0.29) is 24.8 Å². The second kappa shape index (κ2) is 6.22. The second-order valence-corrected chi connectivity index (χ2v) is 3.83. The number of nitrogens with two attached hydrogens (primary N) is 1. The maximum absolute atomic E-state index is 11.6. The summed E-state index contributed by atoms with van der Waals surface area (Å²) >= 11 is 0. The predicted molar refractivity (Wildman–Crippen MR) is 57.1 cm³/mol. The van der Waals surface area contributed by atoms with Gasteiger partial charge >= 0.3 is 0 Å². The number of rotatable bonds is 6. The van der Waals surface area contributed by atoms with Crippen LogP contribution in [0.1, 0.15) is 25.7 Å². The Balaban J connectivity index is 2.33. The van der Waals surface area contributed by atoms with E-state index in [1.807, 2.05) is 0 Å². The normalized spacial score (nSPS) is 21.4. The van der Waals surface area contributed by atoms with E-state index in [9.17, 15) is 14.4 Å². The molecule has 16 heavy (non-hydrogen) atoms. The highest BCUT2D eigenvalue weighted by Crippen LogP contribution is 2.05. The summed E-state index contributed by atoms with van der Waals surface area (Å²) < 4.78 is 0. The molecule has 0 aliphatic carbocycles. The van der Waals surface area contributed by atoms with Crippen molar-refractivity contribution in [3.05, 3.63) is 0 Å². The quantitative estimate of drug-likeness (QED) is 0.518. The molecule has 1 saturated heterocycles. The zero-order chi connectivity index (χ0) is 12.0. The molecule has 89 valence electrons. The lowest BCUT2D eigenvalue weighted by atomic mass is 10.1. The Kier molecular flexibility index (Phi) is 4.91. The van der Waals surface area contributed by atoms with E-state index in [0.29, 0.717) is 0 Å². The fourth-order valence-electron chi connectivity index (χ4n) is 1.63. The van der Waals surface area contributed by atoms with Crippen LogP contribution in [0.3, 0.4) is 0 Å². The molecule has 1 heterocycles. The maximum atomic E-state index is 11.6. The molecule has 0 saturated carbocycles. The number of carbonyl (C=O) groups is 2. The molecule has 1 aliphatic heterocycles. The molecule has 0 bridgehead atoms. The van der Waals surface area contributed by atoms with Crippen LogP contribution in [0.4, 0.5) is 0 Å². The summed E-state index contributed by atoms with van der Waals surface area (Å²) in [6.07, 6.45) is 3.69. The molecule has 2 atom stereocenters. The molecule has 1 aliphatic rings. The van der Waals surface area contributed by atoms with E-state index in [1.54, 1.807) is 6.29 Å². The van der Waals surface area contributed by atoms with E-state index < -0.39 is 11.9 Å². The van der Waals surface area contributed by atoms with Crippen LogP contribution < -0.4 is 16.4 Å². The smallest absolute Gasteiger partial charge is 0.237 e. The number of amides is 2. The minimum absolute atomic E-state index is 0.0677. The second-order valence-electron chi connectivity index (χ2n) is 3.83. The van der Waals surface area contributed by atoms with Crippen LogP contribution in [-0.4, -0.2) is 36.7 Å². The van der Waals surface area contributed by atoms with Gasteiger partial charge < -0.3 is 16.4 Å². The molecule has 6 nitrogen and oxygen atoms in total. The van der Waals surface area contributed by atoms with Gasteiger partial charge in [-0.05, 0) is 25.8 Å². The summed E-state index contributed by atoms with van der Waals surface area (Å²) in [6, 6.07) is -0.980. The Labute approximate surface area is 93.9 Å². The molecule has 1 rings (SSSR count). The van der Waals surface area contributed by atoms with Gasteiger partial charge in [0.15, 0.2) is 0 Å². The molecule has 2 amide bonds. The van der Waals surface area contributed by atoms with Crippen molar-refractivity contribution in [1.82, 2.24) is 10.6 Å². The highest BCUT2D eigenvalue weighted by Gasteiger charge is 2.24.